The molecule has 12 aromatic rings. The van der Waals surface area contributed by atoms with Crippen LogP contribution >= 0.6 is 0 Å². The van der Waals surface area contributed by atoms with Gasteiger partial charge in [0.05, 0.1) is 22.4 Å². The second-order valence-corrected chi connectivity index (χ2v) is 22.7. The van der Waals surface area contributed by atoms with E-state index in [0.29, 0.717) is 0 Å². The van der Waals surface area contributed by atoms with Gasteiger partial charge in [-0.3, -0.25) is 0 Å². The number of aromatic nitrogens is 1. The van der Waals surface area contributed by atoms with Crippen LogP contribution in [0.2, 0.25) is 0 Å². The Labute approximate surface area is 444 Å². The summed E-state index contributed by atoms with van der Waals surface area (Å²) in [6.07, 6.45) is 0. The summed E-state index contributed by atoms with van der Waals surface area (Å²) in [5, 5.41) is 2.52. The van der Waals surface area contributed by atoms with Crippen LogP contribution in [0.4, 0.5) is 17.1 Å². The molecule has 2 bridgehead atoms. The van der Waals surface area contributed by atoms with E-state index in [1.54, 1.807) is 0 Å². The van der Waals surface area contributed by atoms with Crippen LogP contribution in [0.1, 0.15) is 95.2 Å². The normalized spacial score (nSPS) is 16.4. The van der Waals surface area contributed by atoms with Gasteiger partial charge in [-0.05, 0) is 149 Å². The Morgan fingerprint density at radius 2 is 0.882 bits per heavy atom. The molecular formula is C74H54N2. The lowest BCUT2D eigenvalue weighted by molar-refractivity contribution is 0.660. The molecule has 0 amide bonds. The lowest BCUT2D eigenvalue weighted by atomic mass is 9.59. The highest BCUT2D eigenvalue weighted by Crippen LogP contribution is 2.63. The number of benzene rings is 11. The SMILES string of the molecule is CC1(C)c2ccccc2-c2ccc(-n3c4ccccc4c4cc(-c5ccc(N(c6ccc(-c7ccccc7)cc6)c6cccc7c6-c6ccccc6C7(C)C)c6c5C5c7ccccc7C6c6ccccc65)ccc43)cc21. The van der Waals surface area contributed by atoms with Gasteiger partial charge < -0.3 is 9.47 Å². The molecule has 0 fully saturated rings. The highest BCUT2D eigenvalue weighted by atomic mass is 15.1. The van der Waals surface area contributed by atoms with E-state index in [1.807, 2.05) is 0 Å². The van der Waals surface area contributed by atoms with Crippen LogP contribution in [0.15, 0.2) is 243 Å². The first-order valence-corrected chi connectivity index (χ1v) is 27.1. The van der Waals surface area contributed by atoms with Gasteiger partial charge in [0.15, 0.2) is 0 Å². The second kappa shape index (κ2) is 15.8. The summed E-state index contributed by atoms with van der Waals surface area (Å²) < 4.78 is 2.50. The van der Waals surface area contributed by atoms with Crippen molar-refractivity contribution >= 4 is 38.9 Å². The fraction of sp³-hybridized carbons (Fsp3) is 0.108. The molecule has 0 atom stereocenters. The fourth-order valence-corrected chi connectivity index (χ4v) is 14.7. The van der Waals surface area contributed by atoms with Crippen molar-refractivity contribution in [2.75, 3.05) is 4.90 Å². The van der Waals surface area contributed by atoms with Gasteiger partial charge in [0.25, 0.3) is 0 Å². The average molecular weight is 971 g/mol. The Bertz CT molecular complexity index is 4370. The predicted octanol–water partition coefficient (Wildman–Crippen LogP) is 19.2. The largest absolute Gasteiger partial charge is 0.310 e. The Hall–Kier alpha value is -8.98. The van der Waals surface area contributed by atoms with E-state index in [9.17, 15) is 0 Å². The quantitative estimate of drug-likeness (QED) is 0.161. The molecule has 1 aromatic heterocycles. The van der Waals surface area contributed by atoms with Gasteiger partial charge in [-0.25, -0.2) is 0 Å². The maximum atomic E-state index is 2.62. The third-order valence-electron chi connectivity index (χ3n) is 18.2. The smallest absolute Gasteiger partial charge is 0.0543 e. The summed E-state index contributed by atoms with van der Waals surface area (Å²) in [7, 11) is 0. The zero-order valence-electron chi connectivity index (χ0n) is 43.1. The lowest BCUT2D eigenvalue weighted by Gasteiger charge is -2.45. The first-order valence-electron chi connectivity index (χ1n) is 27.1. The summed E-state index contributed by atoms with van der Waals surface area (Å²) in [6.45, 7) is 9.54. The fourth-order valence-electron chi connectivity index (χ4n) is 14.7. The van der Waals surface area contributed by atoms with Gasteiger partial charge >= 0.3 is 0 Å². The van der Waals surface area contributed by atoms with Crippen LogP contribution in [0.5, 0.6) is 0 Å². The first-order chi connectivity index (χ1) is 37.3. The van der Waals surface area contributed by atoms with Crippen LogP contribution < -0.4 is 4.90 Å². The van der Waals surface area contributed by atoms with E-state index in [4.69, 9.17) is 0 Å². The second-order valence-electron chi connectivity index (χ2n) is 22.7. The highest BCUT2D eigenvalue weighted by Gasteiger charge is 2.46. The third-order valence-corrected chi connectivity index (χ3v) is 18.2. The van der Waals surface area contributed by atoms with Crippen molar-refractivity contribution < 1.29 is 0 Å². The summed E-state index contributed by atoms with van der Waals surface area (Å²) in [5.74, 6) is 0.0662. The van der Waals surface area contributed by atoms with E-state index in [0.717, 1.165) is 5.69 Å². The van der Waals surface area contributed by atoms with E-state index < -0.39 is 0 Å². The summed E-state index contributed by atoms with van der Waals surface area (Å²) in [4.78, 5) is 2.62. The zero-order valence-corrected chi connectivity index (χ0v) is 43.1. The highest BCUT2D eigenvalue weighted by molar-refractivity contribution is 6.11. The molecule has 0 N–H and O–H groups in total. The molecule has 1 heterocycles. The molecule has 2 heteroatoms. The van der Waals surface area contributed by atoms with Crippen molar-refractivity contribution in [3.05, 3.63) is 298 Å². The molecule has 2 nitrogen and oxygen atoms in total. The molecular weight excluding hydrogens is 917 g/mol. The van der Waals surface area contributed by atoms with Gasteiger partial charge in [0.1, 0.15) is 0 Å². The molecule has 0 radical (unpaired) electrons. The molecule has 11 aromatic carbocycles. The Kier molecular flexibility index (Phi) is 9.01. The minimum absolute atomic E-state index is 0.0229. The minimum atomic E-state index is -0.157. The Morgan fingerprint density at radius 1 is 0.342 bits per heavy atom. The maximum Gasteiger partial charge on any atom is 0.0543 e. The van der Waals surface area contributed by atoms with E-state index in [2.05, 4.69) is 280 Å². The van der Waals surface area contributed by atoms with Crippen molar-refractivity contribution in [2.24, 2.45) is 0 Å². The monoisotopic (exact) mass is 970 g/mol. The number of hydrogen-bond donors (Lipinski definition) is 0. The molecule has 0 saturated heterocycles. The summed E-state index contributed by atoms with van der Waals surface area (Å²) >= 11 is 0. The van der Waals surface area contributed by atoms with Crippen LogP contribution in [-0.4, -0.2) is 4.57 Å². The number of para-hydroxylation sites is 1. The minimum Gasteiger partial charge on any atom is -0.310 e. The standard InChI is InChI=1S/C74H54N2/c1-73(2)61-29-16-13-27-58(61)70-62(73)30-18-32-66(70)75(48-36-33-46(34-37-48)45-19-6-5-7-20-45)67-42-40-50(71-68-54-23-8-10-25-56(54)69(72(67)71)57-26-11-9-24-55(57)68)47-35-41-65-59(43-47)53-22-14-17-31-64(53)76(65)49-38-39-52-51-21-12-15-28-60(51)74(3,4)63(52)44-49/h5-44,68-69H,1-4H3. The number of hydrogen-bond acceptors (Lipinski definition) is 1. The summed E-state index contributed by atoms with van der Waals surface area (Å²) in [6, 6.07) is 92.1. The van der Waals surface area contributed by atoms with Crippen molar-refractivity contribution in [3.8, 4) is 50.2 Å². The van der Waals surface area contributed by atoms with Gasteiger partial charge in [-0.2, -0.15) is 0 Å². The molecule has 5 aliphatic rings. The first kappa shape index (κ1) is 43.4. The van der Waals surface area contributed by atoms with Crippen molar-refractivity contribution in [2.45, 2.75) is 50.4 Å². The van der Waals surface area contributed by atoms with Crippen LogP contribution in [-0.2, 0) is 10.8 Å². The maximum absolute atomic E-state index is 2.62. The van der Waals surface area contributed by atoms with Crippen molar-refractivity contribution in [1.29, 1.82) is 0 Å². The number of rotatable bonds is 6. The Morgan fingerprint density at radius 3 is 1.62 bits per heavy atom. The zero-order chi connectivity index (χ0) is 50.6. The van der Waals surface area contributed by atoms with Gasteiger partial charge in [-0.1, -0.05) is 216 Å². The molecule has 0 saturated carbocycles. The van der Waals surface area contributed by atoms with Gasteiger partial charge in [-0.15, -0.1) is 0 Å². The van der Waals surface area contributed by atoms with Crippen LogP contribution in [0.25, 0.3) is 72.0 Å². The Balaban J connectivity index is 0.946. The molecule has 5 aliphatic carbocycles. The van der Waals surface area contributed by atoms with Crippen molar-refractivity contribution in [3.63, 3.8) is 0 Å². The molecule has 17 rings (SSSR count). The van der Waals surface area contributed by atoms with E-state index in [1.165, 1.54) is 139 Å². The van der Waals surface area contributed by atoms with E-state index in [-0.39, 0.29) is 22.7 Å². The lowest BCUT2D eigenvalue weighted by Crippen LogP contribution is -2.30. The third kappa shape index (κ3) is 5.87. The molecule has 0 spiro atoms. The predicted molar refractivity (Wildman–Crippen MR) is 316 cm³/mol. The molecule has 0 unspecified atom stereocenters. The van der Waals surface area contributed by atoms with Gasteiger partial charge in [0.2, 0.25) is 0 Å². The average Bonchev–Trinajstić information content (AvgIpc) is 4.15. The number of anilines is 3. The molecule has 360 valence electrons. The molecule has 76 heavy (non-hydrogen) atoms. The summed E-state index contributed by atoms with van der Waals surface area (Å²) in [5.41, 5.74) is 31.1. The van der Waals surface area contributed by atoms with Crippen LogP contribution in [0.3, 0.4) is 0 Å². The molecule has 0 aliphatic heterocycles. The van der Waals surface area contributed by atoms with E-state index >= 15 is 0 Å². The topological polar surface area (TPSA) is 8.17 Å². The van der Waals surface area contributed by atoms with Gasteiger partial charge in [0, 0.05) is 50.4 Å². The number of fused-ring (bicyclic) bond motifs is 9. The van der Waals surface area contributed by atoms with Crippen LogP contribution in [0, 0.1) is 0 Å². The van der Waals surface area contributed by atoms with Crippen molar-refractivity contribution in [1.82, 2.24) is 4.57 Å². The number of nitrogens with zero attached hydrogens (tertiary/aromatic N) is 2.